The minimum atomic E-state index is -0.571. The lowest BCUT2D eigenvalue weighted by Crippen LogP contribution is -2.13. The van der Waals surface area contributed by atoms with Gasteiger partial charge in [0.15, 0.2) is 0 Å². The third-order valence-electron chi connectivity index (χ3n) is 3.43. The largest absolute Gasteiger partial charge is 0.387 e. The van der Waals surface area contributed by atoms with Crippen molar-refractivity contribution in [1.82, 2.24) is 9.97 Å². The highest BCUT2D eigenvalue weighted by Crippen LogP contribution is 2.20. The van der Waals surface area contributed by atoms with E-state index in [0.717, 1.165) is 27.8 Å². The second-order valence-corrected chi connectivity index (χ2v) is 5.05. The Bertz CT molecular complexity index is 752. The molecule has 1 heterocycles. The van der Waals surface area contributed by atoms with Crippen LogP contribution in [0.25, 0.3) is 10.9 Å². The maximum absolute atomic E-state index is 10.3. The van der Waals surface area contributed by atoms with Crippen LogP contribution in [0.4, 0.5) is 5.82 Å². The highest BCUT2D eigenvalue weighted by molar-refractivity contribution is 5.88. The smallest absolute Gasteiger partial charge is 0.137 e. The van der Waals surface area contributed by atoms with Gasteiger partial charge in [0.1, 0.15) is 12.1 Å². The van der Waals surface area contributed by atoms with Crippen LogP contribution in [0.15, 0.2) is 54.9 Å². The van der Waals surface area contributed by atoms with Crippen molar-refractivity contribution in [3.63, 3.8) is 0 Å². The number of aromatic nitrogens is 2. The number of hydrogen-bond donors (Lipinski definition) is 2. The molecule has 1 atom stereocenters. The van der Waals surface area contributed by atoms with Crippen LogP contribution in [0.2, 0.25) is 0 Å². The average Bonchev–Trinajstić information content (AvgIpc) is 2.52. The normalized spacial score (nSPS) is 12.3. The Hall–Kier alpha value is -2.46. The summed E-state index contributed by atoms with van der Waals surface area (Å²) >= 11 is 0. The van der Waals surface area contributed by atoms with Crippen LogP contribution < -0.4 is 5.32 Å². The van der Waals surface area contributed by atoms with Crippen molar-refractivity contribution in [1.29, 1.82) is 0 Å². The molecule has 0 radical (unpaired) electrons. The van der Waals surface area contributed by atoms with E-state index in [4.69, 9.17) is 0 Å². The van der Waals surface area contributed by atoms with Crippen LogP contribution in [0.5, 0.6) is 0 Å². The Kier molecular flexibility index (Phi) is 3.79. The van der Waals surface area contributed by atoms with Gasteiger partial charge in [-0.2, -0.15) is 0 Å². The van der Waals surface area contributed by atoms with E-state index in [1.54, 1.807) is 0 Å². The topological polar surface area (TPSA) is 58.0 Å². The zero-order chi connectivity index (χ0) is 14.7. The number of aliphatic hydroxyl groups excluding tert-OH is 1. The van der Waals surface area contributed by atoms with Gasteiger partial charge in [-0.15, -0.1) is 0 Å². The molecular weight excluding hydrogens is 262 g/mol. The van der Waals surface area contributed by atoms with E-state index >= 15 is 0 Å². The second-order valence-electron chi connectivity index (χ2n) is 5.05. The zero-order valence-electron chi connectivity index (χ0n) is 11.8. The van der Waals surface area contributed by atoms with Gasteiger partial charge in [0.25, 0.3) is 0 Å². The highest BCUT2D eigenvalue weighted by atomic mass is 16.3. The first-order chi connectivity index (χ1) is 10.2. The molecule has 4 nitrogen and oxygen atoms in total. The molecule has 21 heavy (non-hydrogen) atoms. The van der Waals surface area contributed by atoms with Crippen LogP contribution in [-0.4, -0.2) is 21.6 Å². The lowest BCUT2D eigenvalue weighted by molar-refractivity contribution is 0.191. The van der Waals surface area contributed by atoms with E-state index < -0.39 is 6.10 Å². The molecule has 0 bridgehead atoms. The van der Waals surface area contributed by atoms with Gasteiger partial charge in [-0.3, -0.25) is 0 Å². The molecule has 0 aliphatic rings. The number of aliphatic hydroxyl groups is 1. The summed E-state index contributed by atoms with van der Waals surface area (Å²) in [5, 5.41) is 14.4. The predicted octanol–water partition coefficient (Wildman–Crippen LogP) is 3.08. The SMILES string of the molecule is Cc1cccc(C(O)CNc2ncnc3ccccc23)c1. The molecular formula is C17H17N3O. The fraction of sp³-hybridized carbons (Fsp3) is 0.176. The molecule has 0 saturated heterocycles. The van der Waals surface area contributed by atoms with Crippen molar-refractivity contribution in [3.05, 3.63) is 66.0 Å². The summed E-state index contributed by atoms with van der Waals surface area (Å²) in [5.74, 6) is 0.743. The van der Waals surface area contributed by atoms with Crippen molar-refractivity contribution in [3.8, 4) is 0 Å². The molecule has 0 fully saturated rings. The first kappa shape index (κ1) is 13.5. The van der Waals surface area contributed by atoms with E-state index in [0.29, 0.717) is 6.54 Å². The molecule has 0 aliphatic carbocycles. The van der Waals surface area contributed by atoms with Gasteiger partial charge in [-0.1, -0.05) is 42.0 Å². The van der Waals surface area contributed by atoms with Crippen LogP contribution in [-0.2, 0) is 0 Å². The number of nitrogens with one attached hydrogen (secondary N) is 1. The molecule has 1 unspecified atom stereocenters. The molecule has 4 heteroatoms. The highest BCUT2D eigenvalue weighted by Gasteiger charge is 2.09. The summed E-state index contributed by atoms with van der Waals surface area (Å²) in [5.41, 5.74) is 2.93. The third-order valence-corrected chi connectivity index (χ3v) is 3.43. The van der Waals surface area contributed by atoms with Gasteiger partial charge in [0.2, 0.25) is 0 Å². The molecule has 3 rings (SSSR count). The van der Waals surface area contributed by atoms with E-state index in [1.165, 1.54) is 6.33 Å². The molecule has 106 valence electrons. The van der Waals surface area contributed by atoms with Crippen LogP contribution in [0.3, 0.4) is 0 Å². The van der Waals surface area contributed by atoms with Crippen LogP contribution in [0.1, 0.15) is 17.2 Å². The van der Waals surface area contributed by atoms with Crippen LogP contribution >= 0.6 is 0 Å². The Balaban J connectivity index is 1.77. The number of para-hydroxylation sites is 1. The Morgan fingerprint density at radius 3 is 2.81 bits per heavy atom. The summed E-state index contributed by atoms with van der Waals surface area (Å²) < 4.78 is 0. The molecule has 0 aliphatic heterocycles. The van der Waals surface area contributed by atoms with Gasteiger partial charge in [-0.05, 0) is 24.6 Å². The summed E-state index contributed by atoms with van der Waals surface area (Å²) in [6, 6.07) is 15.7. The Morgan fingerprint density at radius 2 is 1.95 bits per heavy atom. The van der Waals surface area contributed by atoms with E-state index in [2.05, 4.69) is 15.3 Å². The van der Waals surface area contributed by atoms with Crippen LogP contribution in [0, 0.1) is 6.92 Å². The van der Waals surface area contributed by atoms with E-state index in [1.807, 2.05) is 55.5 Å². The van der Waals surface area contributed by atoms with Crippen molar-refractivity contribution in [2.24, 2.45) is 0 Å². The Labute approximate surface area is 123 Å². The minimum Gasteiger partial charge on any atom is -0.387 e. The van der Waals surface area contributed by atoms with Crippen molar-refractivity contribution in [2.45, 2.75) is 13.0 Å². The monoisotopic (exact) mass is 279 g/mol. The standard InChI is InChI=1S/C17H17N3O/c1-12-5-4-6-13(9-12)16(21)10-18-17-14-7-2-3-8-15(14)19-11-20-17/h2-9,11,16,21H,10H2,1H3,(H,18,19,20). The van der Waals surface area contributed by atoms with Crippen molar-refractivity contribution in [2.75, 3.05) is 11.9 Å². The first-order valence-corrected chi connectivity index (χ1v) is 6.92. The minimum absolute atomic E-state index is 0.407. The molecule has 3 aromatic rings. The third kappa shape index (κ3) is 3.01. The van der Waals surface area contributed by atoms with E-state index in [-0.39, 0.29) is 0 Å². The predicted molar refractivity (Wildman–Crippen MR) is 84.2 cm³/mol. The summed E-state index contributed by atoms with van der Waals surface area (Å²) in [4.78, 5) is 8.48. The van der Waals surface area contributed by atoms with Gasteiger partial charge >= 0.3 is 0 Å². The quantitative estimate of drug-likeness (QED) is 0.770. The van der Waals surface area contributed by atoms with Crippen molar-refractivity contribution >= 4 is 16.7 Å². The molecule has 1 aromatic heterocycles. The molecule has 0 saturated carbocycles. The van der Waals surface area contributed by atoms with Crippen molar-refractivity contribution < 1.29 is 5.11 Å². The fourth-order valence-electron chi connectivity index (χ4n) is 2.33. The fourth-order valence-corrected chi connectivity index (χ4v) is 2.33. The number of fused-ring (bicyclic) bond motifs is 1. The summed E-state index contributed by atoms with van der Waals surface area (Å²) in [6.45, 7) is 2.42. The first-order valence-electron chi connectivity index (χ1n) is 6.92. The summed E-state index contributed by atoms with van der Waals surface area (Å²) in [6.07, 6.45) is 0.961. The lowest BCUT2D eigenvalue weighted by atomic mass is 10.1. The number of benzene rings is 2. The maximum Gasteiger partial charge on any atom is 0.137 e. The number of rotatable bonds is 4. The molecule has 0 spiro atoms. The second kappa shape index (κ2) is 5.89. The number of hydrogen-bond acceptors (Lipinski definition) is 4. The lowest BCUT2D eigenvalue weighted by Gasteiger charge is -2.14. The number of nitrogens with zero attached hydrogens (tertiary/aromatic N) is 2. The molecule has 2 N–H and O–H groups in total. The van der Waals surface area contributed by atoms with E-state index in [9.17, 15) is 5.11 Å². The zero-order valence-corrected chi connectivity index (χ0v) is 11.8. The average molecular weight is 279 g/mol. The van der Waals surface area contributed by atoms with Gasteiger partial charge in [0, 0.05) is 11.9 Å². The summed E-state index contributed by atoms with van der Waals surface area (Å²) in [7, 11) is 0. The molecule has 2 aromatic carbocycles. The number of aryl methyl sites for hydroxylation is 1. The molecule has 0 amide bonds. The van der Waals surface area contributed by atoms with Gasteiger partial charge in [0.05, 0.1) is 11.6 Å². The number of anilines is 1. The Morgan fingerprint density at radius 1 is 1.10 bits per heavy atom. The van der Waals surface area contributed by atoms with Gasteiger partial charge in [-0.25, -0.2) is 9.97 Å². The maximum atomic E-state index is 10.3. The van der Waals surface area contributed by atoms with Gasteiger partial charge < -0.3 is 10.4 Å².